The van der Waals surface area contributed by atoms with E-state index in [-0.39, 0.29) is 0 Å². The molecule has 0 aliphatic carbocycles. The maximum atomic E-state index is 5.51. The summed E-state index contributed by atoms with van der Waals surface area (Å²) in [5, 5.41) is 0. The normalized spacial score (nSPS) is 17.2. The van der Waals surface area contributed by atoms with Crippen LogP contribution in [0.15, 0.2) is 61.1 Å². The van der Waals surface area contributed by atoms with Crippen LogP contribution in [0.1, 0.15) is 24.1 Å². The summed E-state index contributed by atoms with van der Waals surface area (Å²) >= 11 is 0. The minimum Gasteiger partial charge on any atom is -0.496 e. The van der Waals surface area contributed by atoms with Crippen molar-refractivity contribution in [1.82, 2.24) is 24.3 Å². The van der Waals surface area contributed by atoms with Gasteiger partial charge in [0.1, 0.15) is 5.75 Å². The smallest absolute Gasteiger partial charge is 0.233 e. The molecule has 0 saturated carbocycles. The quantitative estimate of drug-likeness (QED) is 0.530. The summed E-state index contributed by atoms with van der Waals surface area (Å²) in [6, 6.07) is 14.4. The van der Waals surface area contributed by atoms with Gasteiger partial charge in [0, 0.05) is 50.5 Å². The number of aromatic nitrogens is 3. The highest BCUT2D eigenvalue weighted by Gasteiger charge is 2.21. The van der Waals surface area contributed by atoms with Gasteiger partial charge in [0.25, 0.3) is 0 Å². The van der Waals surface area contributed by atoms with Crippen molar-refractivity contribution in [2.45, 2.75) is 25.8 Å². The van der Waals surface area contributed by atoms with Gasteiger partial charge in [-0.3, -0.25) is 4.57 Å². The summed E-state index contributed by atoms with van der Waals surface area (Å²) in [5.41, 5.74) is 2.52. The molecule has 1 saturated heterocycles. The lowest BCUT2D eigenvalue weighted by Crippen LogP contribution is -2.41. The molecule has 0 amide bonds. The molecule has 1 aliphatic heterocycles. The molecule has 4 rings (SSSR count). The highest BCUT2D eigenvalue weighted by molar-refractivity contribution is 5.33. The van der Waals surface area contributed by atoms with Crippen LogP contribution in [-0.2, 0) is 13.0 Å². The lowest BCUT2D eigenvalue weighted by Gasteiger charge is -2.35. The number of para-hydroxylation sites is 1. The van der Waals surface area contributed by atoms with Gasteiger partial charge in [-0.2, -0.15) is 0 Å². The van der Waals surface area contributed by atoms with Crippen LogP contribution in [0.5, 0.6) is 5.75 Å². The summed E-state index contributed by atoms with van der Waals surface area (Å²) in [6.45, 7) is 5.45. The second kappa shape index (κ2) is 10.6. The lowest BCUT2D eigenvalue weighted by molar-refractivity contribution is 0.141. The minimum absolute atomic E-state index is 0.702. The molecular formula is C25H33N5O. The van der Waals surface area contributed by atoms with Crippen molar-refractivity contribution < 1.29 is 4.74 Å². The predicted octanol–water partition coefficient (Wildman–Crippen LogP) is 3.66. The highest BCUT2D eigenvalue weighted by atomic mass is 16.5. The summed E-state index contributed by atoms with van der Waals surface area (Å²) in [5.74, 6) is 2.44. The number of piperidine rings is 1. The zero-order valence-electron chi connectivity index (χ0n) is 18.7. The number of hydrogen-bond donors (Lipinski definition) is 0. The van der Waals surface area contributed by atoms with E-state index in [1.165, 1.54) is 37.2 Å². The van der Waals surface area contributed by atoms with Crippen LogP contribution in [0.3, 0.4) is 0 Å². The Morgan fingerprint density at radius 2 is 1.94 bits per heavy atom. The van der Waals surface area contributed by atoms with Crippen molar-refractivity contribution in [1.29, 1.82) is 0 Å². The second-order valence-corrected chi connectivity index (χ2v) is 8.49. The monoisotopic (exact) mass is 419 g/mol. The number of ether oxygens (including phenoxy) is 1. The molecule has 0 radical (unpaired) electrons. The maximum Gasteiger partial charge on any atom is 0.233 e. The standard InChI is InChI=1S/C25H33N5O/c1-28(20-23-10-6-16-30(23)25-26-13-7-14-27-25)18-21-8-5-15-29(19-21)17-12-22-9-3-4-11-24(22)31-2/h3-4,6-7,9-11,13-14,16,21H,5,8,12,15,17-20H2,1-2H3/t21-/m0/s1. The lowest BCUT2D eigenvalue weighted by atomic mass is 9.97. The van der Waals surface area contributed by atoms with Gasteiger partial charge in [-0.1, -0.05) is 18.2 Å². The van der Waals surface area contributed by atoms with Crippen molar-refractivity contribution in [2.24, 2.45) is 5.92 Å². The third kappa shape index (κ3) is 5.71. The molecule has 31 heavy (non-hydrogen) atoms. The van der Waals surface area contributed by atoms with E-state index in [2.05, 4.69) is 61.7 Å². The first-order chi connectivity index (χ1) is 15.2. The summed E-state index contributed by atoms with van der Waals surface area (Å²) in [4.78, 5) is 13.8. The number of methoxy groups -OCH3 is 1. The number of rotatable bonds is 9. The SMILES string of the molecule is COc1ccccc1CCN1CCC[C@@H](CN(C)Cc2cccn2-c2ncccn2)C1. The molecule has 0 unspecified atom stereocenters. The zero-order chi connectivity index (χ0) is 21.5. The highest BCUT2D eigenvalue weighted by Crippen LogP contribution is 2.22. The average molecular weight is 420 g/mol. The van der Waals surface area contributed by atoms with Crippen LogP contribution in [-0.4, -0.2) is 64.7 Å². The van der Waals surface area contributed by atoms with E-state index in [9.17, 15) is 0 Å². The number of benzene rings is 1. The molecule has 1 aromatic carbocycles. The first kappa shape index (κ1) is 21.5. The van der Waals surface area contributed by atoms with Crippen molar-refractivity contribution in [2.75, 3.05) is 40.3 Å². The molecule has 6 heteroatoms. The van der Waals surface area contributed by atoms with Crippen LogP contribution in [0, 0.1) is 5.92 Å². The molecule has 0 N–H and O–H groups in total. The Kier molecular flexibility index (Phi) is 7.33. The van der Waals surface area contributed by atoms with Gasteiger partial charge >= 0.3 is 0 Å². The van der Waals surface area contributed by atoms with Gasteiger partial charge in [0.15, 0.2) is 0 Å². The summed E-state index contributed by atoms with van der Waals surface area (Å²) < 4.78 is 7.59. The van der Waals surface area contributed by atoms with Crippen LogP contribution in [0.25, 0.3) is 5.95 Å². The van der Waals surface area contributed by atoms with Gasteiger partial charge < -0.3 is 14.5 Å². The molecule has 1 aliphatic rings. The Morgan fingerprint density at radius 3 is 2.77 bits per heavy atom. The molecule has 3 aromatic rings. The van der Waals surface area contributed by atoms with E-state index in [0.717, 1.165) is 37.8 Å². The Labute approximate surface area is 185 Å². The molecular weight excluding hydrogens is 386 g/mol. The maximum absolute atomic E-state index is 5.51. The van der Waals surface area contributed by atoms with Gasteiger partial charge in [-0.15, -0.1) is 0 Å². The van der Waals surface area contributed by atoms with E-state index in [0.29, 0.717) is 5.92 Å². The number of hydrogen-bond acceptors (Lipinski definition) is 5. The van der Waals surface area contributed by atoms with E-state index >= 15 is 0 Å². The van der Waals surface area contributed by atoms with E-state index in [4.69, 9.17) is 4.74 Å². The summed E-state index contributed by atoms with van der Waals surface area (Å²) in [6.07, 6.45) is 9.24. The minimum atomic E-state index is 0.702. The van der Waals surface area contributed by atoms with Crippen molar-refractivity contribution >= 4 is 0 Å². The van der Waals surface area contributed by atoms with Crippen molar-refractivity contribution in [3.05, 3.63) is 72.3 Å². The first-order valence-corrected chi connectivity index (χ1v) is 11.2. The van der Waals surface area contributed by atoms with Crippen molar-refractivity contribution in [3.63, 3.8) is 0 Å². The average Bonchev–Trinajstić information content (AvgIpc) is 3.26. The van der Waals surface area contributed by atoms with Crippen LogP contribution < -0.4 is 4.74 Å². The number of nitrogens with zero attached hydrogens (tertiary/aromatic N) is 5. The third-order valence-corrected chi connectivity index (χ3v) is 6.10. The Balaban J connectivity index is 1.29. The largest absolute Gasteiger partial charge is 0.496 e. The fourth-order valence-corrected chi connectivity index (χ4v) is 4.63. The van der Waals surface area contributed by atoms with Gasteiger partial charge in [-0.25, -0.2) is 9.97 Å². The van der Waals surface area contributed by atoms with Crippen LogP contribution >= 0.6 is 0 Å². The summed E-state index contributed by atoms with van der Waals surface area (Å²) in [7, 11) is 3.98. The predicted molar refractivity (Wildman–Crippen MR) is 124 cm³/mol. The van der Waals surface area contributed by atoms with Gasteiger partial charge in [-0.05, 0) is 68.6 Å². The number of likely N-dealkylation sites (tertiary alicyclic amines) is 1. The zero-order valence-corrected chi connectivity index (χ0v) is 18.7. The van der Waals surface area contributed by atoms with Crippen molar-refractivity contribution in [3.8, 4) is 11.7 Å². The molecule has 2 aromatic heterocycles. The topological polar surface area (TPSA) is 46.4 Å². The third-order valence-electron chi connectivity index (χ3n) is 6.10. The Bertz CT molecular complexity index is 942. The first-order valence-electron chi connectivity index (χ1n) is 11.2. The molecule has 6 nitrogen and oxygen atoms in total. The second-order valence-electron chi connectivity index (χ2n) is 8.49. The molecule has 3 heterocycles. The van der Waals surface area contributed by atoms with E-state index in [1.54, 1.807) is 19.5 Å². The van der Waals surface area contributed by atoms with E-state index in [1.807, 2.05) is 18.3 Å². The molecule has 1 fully saturated rings. The van der Waals surface area contributed by atoms with Gasteiger partial charge in [0.2, 0.25) is 5.95 Å². The Morgan fingerprint density at radius 1 is 1.10 bits per heavy atom. The van der Waals surface area contributed by atoms with E-state index < -0.39 is 0 Å². The fourth-order valence-electron chi connectivity index (χ4n) is 4.63. The molecule has 0 spiro atoms. The molecule has 0 bridgehead atoms. The fraction of sp³-hybridized carbons (Fsp3) is 0.440. The molecule has 1 atom stereocenters. The van der Waals surface area contributed by atoms with Gasteiger partial charge in [0.05, 0.1) is 7.11 Å². The van der Waals surface area contributed by atoms with Crippen LogP contribution in [0.4, 0.5) is 0 Å². The molecule has 164 valence electrons. The van der Waals surface area contributed by atoms with Crippen LogP contribution in [0.2, 0.25) is 0 Å². The Hall–Kier alpha value is -2.70.